The normalized spacial score (nSPS) is 20.0. The molecule has 1 aliphatic carbocycles. The van der Waals surface area contributed by atoms with Crippen molar-refractivity contribution < 1.29 is 4.39 Å². The van der Waals surface area contributed by atoms with Gasteiger partial charge in [0, 0.05) is 11.5 Å². The third-order valence-corrected chi connectivity index (χ3v) is 2.80. The van der Waals surface area contributed by atoms with Gasteiger partial charge in [-0.25, -0.2) is 4.39 Å². The Labute approximate surface area is 82.0 Å². The van der Waals surface area contributed by atoms with Crippen LogP contribution in [0.4, 0.5) is 4.39 Å². The zero-order valence-electron chi connectivity index (χ0n) is 7.57. The molecule has 0 nitrogen and oxygen atoms in total. The molecule has 0 N–H and O–H groups in total. The summed E-state index contributed by atoms with van der Waals surface area (Å²) < 4.78 is 13.6. The van der Waals surface area contributed by atoms with Crippen molar-refractivity contribution in [2.75, 3.05) is 0 Å². The highest BCUT2D eigenvalue weighted by Gasteiger charge is 2.22. The lowest BCUT2D eigenvalue weighted by molar-refractivity contribution is 0.607. The SMILES string of the molecule is CC1=C[C@H](C)c2c1ccc(Cl)c2F. The maximum absolute atomic E-state index is 13.6. The molecular formula is C11H10ClF. The summed E-state index contributed by atoms with van der Waals surface area (Å²) in [6.45, 7) is 3.98. The smallest absolute Gasteiger partial charge is 0.146 e. The quantitative estimate of drug-likeness (QED) is 0.589. The van der Waals surface area contributed by atoms with E-state index in [2.05, 4.69) is 6.08 Å². The van der Waals surface area contributed by atoms with Gasteiger partial charge in [0.1, 0.15) is 5.82 Å². The van der Waals surface area contributed by atoms with Crippen LogP contribution in [0.3, 0.4) is 0 Å². The molecule has 0 amide bonds. The summed E-state index contributed by atoms with van der Waals surface area (Å²) in [5.41, 5.74) is 2.87. The minimum Gasteiger partial charge on any atom is -0.205 e. The molecule has 0 aromatic heterocycles. The Bertz CT molecular complexity index is 393. The summed E-state index contributed by atoms with van der Waals surface area (Å²) in [6, 6.07) is 3.50. The maximum Gasteiger partial charge on any atom is 0.146 e. The van der Waals surface area contributed by atoms with Crippen LogP contribution in [0.1, 0.15) is 30.9 Å². The van der Waals surface area contributed by atoms with Crippen LogP contribution in [0.2, 0.25) is 5.02 Å². The summed E-state index contributed by atoms with van der Waals surface area (Å²) in [6.07, 6.45) is 2.06. The van der Waals surface area contributed by atoms with E-state index < -0.39 is 0 Å². The molecule has 0 saturated carbocycles. The van der Waals surface area contributed by atoms with Crippen LogP contribution in [0, 0.1) is 5.82 Å². The van der Waals surface area contributed by atoms with Crippen LogP contribution < -0.4 is 0 Å². The van der Waals surface area contributed by atoms with Gasteiger partial charge in [0.05, 0.1) is 5.02 Å². The first-order valence-corrected chi connectivity index (χ1v) is 4.65. The maximum atomic E-state index is 13.6. The van der Waals surface area contributed by atoms with Gasteiger partial charge in [0.25, 0.3) is 0 Å². The van der Waals surface area contributed by atoms with Gasteiger partial charge >= 0.3 is 0 Å². The molecule has 0 heterocycles. The molecule has 68 valence electrons. The van der Waals surface area contributed by atoms with Crippen molar-refractivity contribution in [3.05, 3.63) is 40.2 Å². The third-order valence-electron chi connectivity index (χ3n) is 2.51. The van der Waals surface area contributed by atoms with Crippen LogP contribution in [0.25, 0.3) is 5.57 Å². The van der Waals surface area contributed by atoms with Gasteiger partial charge in [0.2, 0.25) is 0 Å². The van der Waals surface area contributed by atoms with Crippen LogP contribution in [0.5, 0.6) is 0 Å². The van der Waals surface area contributed by atoms with Crippen LogP contribution in [-0.2, 0) is 0 Å². The zero-order chi connectivity index (χ0) is 9.59. The first-order chi connectivity index (χ1) is 6.11. The van der Waals surface area contributed by atoms with Gasteiger partial charge in [-0.05, 0) is 24.1 Å². The molecule has 2 rings (SSSR count). The second kappa shape index (κ2) is 2.85. The summed E-state index contributed by atoms with van der Waals surface area (Å²) in [5.74, 6) is -0.117. The third kappa shape index (κ3) is 1.19. The number of rotatable bonds is 0. The fourth-order valence-corrected chi connectivity index (χ4v) is 2.07. The summed E-state index contributed by atoms with van der Waals surface area (Å²) >= 11 is 5.71. The van der Waals surface area contributed by atoms with Gasteiger partial charge < -0.3 is 0 Å². The predicted molar refractivity (Wildman–Crippen MR) is 53.5 cm³/mol. The number of fused-ring (bicyclic) bond motifs is 1. The Kier molecular flexibility index (Phi) is 1.92. The lowest BCUT2D eigenvalue weighted by Gasteiger charge is -2.07. The molecule has 2 heteroatoms. The molecule has 0 saturated heterocycles. The molecule has 0 radical (unpaired) electrons. The van der Waals surface area contributed by atoms with Crippen molar-refractivity contribution in [3.8, 4) is 0 Å². The molecule has 1 aromatic rings. The van der Waals surface area contributed by atoms with Crippen molar-refractivity contribution in [3.63, 3.8) is 0 Å². The van der Waals surface area contributed by atoms with Gasteiger partial charge in [-0.3, -0.25) is 0 Å². The molecule has 1 atom stereocenters. The number of hydrogen-bond donors (Lipinski definition) is 0. The van der Waals surface area contributed by atoms with E-state index in [1.165, 1.54) is 0 Å². The van der Waals surface area contributed by atoms with Crippen molar-refractivity contribution in [1.29, 1.82) is 0 Å². The van der Waals surface area contributed by atoms with E-state index in [1.807, 2.05) is 19.9 Å². The molecule has 0 spiro atoms. The number of halogens is 2. The summed E-state index contributed by atoms with van der Waals surface area (Å²) in [5, 5.41) is 0.216. The van der Waals surface area contributed by atoms with Crippen LogP contribution >= 0.6 is 11.6 Å². The fraction of sp³-hybridized carbons (Fsp3) is 0.273. The second-order valence-electron chi connectivity index (χ2n) is 3.46. The molecule has 13 heavy (non-hydrogen) atoms. The van der Waals surface area contributed by atoms with E-state index in [0.29, 0.717) is 0 Å². The summed E-state index contributed by atoms with van der Waals surface area (Å²) in [7, 11) is 0. The van der Waals surface area contributed by atoms with Crippen molar-refractivity contribution in [2.24, 2.45) is 0 Å². The lowest BCUT2D eigenvalue weighted by Crippen LogP contribution is -1.94. The molecule has 1 aliphatic rings. The molecule has 0 aliphatic heterocycles. The number of hydrogen-bond acceptors (Lipinski definition) is 0. The van der Waals surface area contributed by atoms with Crippen molar-refractivity contribution >= 4 is 17.2 Å². The van der Waals surface area contributed by atoms with Crippen LogP contribution in [0.15, 0.2) is 18.2 Å². The largest absolute Gasteiger partial charge is 0.205 e. The zero-order valence-corrected chi connectivity index (χ0v) is 8.32. The standard InChI is InChI=1S/C11H10ClF/c1-6-5-7(2)10-8(6)3-4-9(12)11(10)13/h3-5,7H,1-2H3/t7-/m0/s1. The Morgan fingerprint density at radius 1 is 1.38 bits per heavy atom. The highest BCUT2D eigenvalue weighted by Crippen LogP contribution is 2.38. The van der Waals surface area contributed by atoms with E-state index in [1.54, 1.807) is 6.07 Å². The van der Waals surface area contributed by atoms with Crippen LogP contribution in [-0.4, -0.2) is 0 Å². The van der Waals surface area contributed by atoms with E-state index in [-0.39, 0.29) is 16.8 Å². The number of allylic oxidation sites excluding steroid dienone is 2. The van der Waals surface area contributed by atoms with Gasteiger partial charge in [-0.1, -0.05) is 30.7 Å². The average Bonchev–Trinajstić information content (AvgIpc) is 2.35. The molecule has 0 unspecified atom stereocenters. The highest BCUT2D eigenvalue weighted by atomic mass is 35.5. The van der Waals surface area contributed by atoms with E-state index in [4.69, 9.17) is 11.6 Å². The topological polar surface area (TPSA) is 0 Å². The average molecular weight is 197 g/mol. The van der Waals surface area contributed by atoms with E-state index in [9.17, 15) is 4.39 Å². The van der Waals surface area contributed by atoms with E-state index in [0.717, 1.165) is 16.7 Å². The molecule has 1 aromatic carbocycles. The second-order valence-corrected chi connectivity index (χ2v) is 3.87. The first kappa shape index (κ1) is 8.76. The minimum atomic E-state index is -0.264. The Hall–Kier alpha value is -0.820. The van der Waals surface area contributed by atoms with E-state index >= 15 is 0 Å². The molecule has 0 fully saturated rings. The number of benzene rings is 1. The molecule has 0 bridgehead atoms. The minimum absolute atomic E-state index is 0.147. The van der Waals surface area contributed by atoms with Gasteiger partial charge in [-0.15, -0.1) is 0 Å². The Balaban J connectivity index is 2.70. The highest BCUT2D eigenvalue weighted by molar-refractivity contribution is 6.30. The fourth-order valence-electron chi connectivity index (χ4n) is 1.90. The van der Waals surface area contributed by atoms with Crippen molar-refractivity contribution in [1.82, 2.24) is 0 Å². The predicted octanol–water partition coefficient (Wildman–Crippen LogP) is 4.00. The Morgan fingerprint density at radius 3 is 2.77 bits per heavy atom. The first-order valence-electron chi connectivity index (χ1n) is 4.28. The van der Waals surface area contributed by atoms with Crippen molar-refractivity contribution in [2.45, 2.75) is 19.8 Å². The molecular weight excluding hydrogens is 187 g/mol. The van der Waals surface area contributed by atoms with Gasteiger partial charge in [-0.2, -0.15) is 0 Å². The van der Waals surface area contributed by atoms with Gasteiger partial charge in [0.15, 0.2) is 0 Å². The Morgan fingerprint density at radius 2 is 2.08 bits per heavy atom. The lowest BCUT2D eigenvalue weighted by atomic mass is 10.0. The summed E-state index contributed by atoms with van der Waals surface area (Å²) in [4.78, 5) is 0. The monoisotopic (exact) mass is 196 g/mol.